The summed E-state index contributed by atoms with van der Waals surface area (Å²) >= 11 is 0. The van der Waals surface area contributed by atoms with Crippen LogP contribution in [0.1, 0.15) is 24.0 Å². The van der Waals surface area contributed by atoms with Crippen molar-refractivity contribution >= 4 is 67.3 Å². The first-order valence-electron chi connectivity index (χ1n) is 14.9. The van der Waals surface area contributed by atoms with Gasteiger partial charge in [0.05, 0.1) is 27.5 Å². The Labute approximate surface area is 275 Å². The van der Waals surface area contributed by atoms with Gasteiger partial charge in [-0.25, -0.2) is 0 Å². The molecular weight excluding hydrogens is 595 g/mol. The number of hydrogen-bond donors (Lipinski definition) is 3. The minimum absolute atomic E-state index is 0.244. The molecule has 0 bridgehead atoms. The molecule has 2 amide bonds. The summed E-state index contributed by atoms with van der Waals surface area (Å²) in [6.07, 6.45) is -0.653. The molecule has 2 unspecified atom stereocenters. The van der Waals surface area contributed by atoms with Crippen molar-refractivity contribution in [1.82, 2.24) is 0 Å². The van der Waals surface area contributed by atoms with Crippen molar-refractivity contribution in [3.05, 3.63) is 120 Å². The van der Waals surface area contributed by atoms with Crippen LogP contribution in [0.25, 0.3) is 0 Å². The second-order valence-electron chi connectivity index (χ2n) is 11.0. The summed E-state index contributed by atoms with van der Waals surface area (Å²) < 4.78 is 17.6. The molecule has 4 rings (SSSR count). The maximum Gasteiger partial charge on any atom is 0.429 e. The summed E-state index contributed by atoms with van der Waals surface area (Å²) in [6.45, 7) is -1.05. The van der Waals surface area contributed by atoms with Gasteiger partial charge in [0, 0.05) is 12.2 Å². The van der Waals surface area contributed by atoms with Crippen LogP contribution in [0.3, 0.4) is 0 Å². The number of carbonyl (C=O) groups excluding carboxylic acids is 4. The van der Waals surface area contributed by atoms with Crippen LogP contribution >= 0.6 is 0 Å². The van der Waals surface area contributed by atoms with E-state index in [4.69, 9.17) is 39.1 Å². The van der Waals surface area contributed by atoms with Crippen molar-refractivity contribution in [3.8, 4) is 0 Å². The third-order valence-corrected chi connectivity index (χ3v) is 7.17. The molecule has 0 saturated heterocycles. The van der Waals surface area contributed by atoms with Gasteiger partial charge in [0.2, 0.25) is 11.8 Å². The van der Waals surface area contributed by atoms with Gasteiger partial charge in [-0.3, -0.25) is 19.2 Å². The zero-order chi connectivity index (χ0) is 33.8. The summed E-state index contributed by atoms with van der Waals surface area (Å²) in [7, 11) is 5.85. The number of amides is 2. The summed E-state index contributed by atoms with van der Waals surface area (Å²) in [6, 6.07) is 32.1. The Bertz CT molecular complexity index is 1560. The molecule has 47 heavy (non-hydrogen) atoms. The summed E-state index contributed by atoms with van der Waals surface area (Å²) in [5, 5.41) is 0. The molecule has 0 spiro atoms. The second kappa shape index (κ2) is 17.0. The lowest BCUT2D eigenvalue weighted by molar-refractivity contribution is -0.137. The Hall–Kier alpha value is -5.13. The van der Waals surface area contributed by atoms with E-state index in [0.29, 0.717) is 10.9 Å². The van der Waals surface area contributed by atoms with Crippen LogP contribution in [-0.2, 0) is 46.4 Å². The Kier molecular flexibility index (Phi) is 12.5. The topological polar surface area (TPSA) is 174 Å². The number of ether oxygens (including phenoxy) is 1. The number of rotatable bonds is 16. The van der Waals surface area contributed by atoms with Crippen molar-refractivity contribution in [2.24, 2.45) is 17.2 Å². The Morgan fingerprint density at radius 3 is 1.47 bits per heavy atom. The third-order valence-electron chi connectivity index (χ3n) is 7.17. The highest BCUT2D eigenvalue weighted by Gasteiger charge is 2.30. The van der Waals surface area contributed by atoms with E-state index in [0.717, 1.165) is 22.1 Å². The molecule has 2 radical (unpaired) electrons. The van der Waals surface area contributed by atoms with E-state index in [1.165, 1.54) is 0 Å². The molecule has 236 valence electrons. The second-order valence-corrected chi connectivity index (χ2v) is 11.0. The van der Waals surface area contributed by atoms with Gasteiger partial charge in [-0.1, -0.05) is 109 Å². The van der Waals surface area contributed by atoms with Crippen LogP contribution < -0.4 is 39.1 Å². The first-order chi connectivity index (χ1) is 22.6. The Balaban J connectivity index is 1.47. The number of hydrogen-bond acceptors (Lipinski definition) is 8. The van der Waals surface area contributed by atoms with Gasteiger partial charge in [-0.05, 0) is 33.0 Å². The van der Waals surface area contributed by atoms with E-state index in [9.17, 15) is 19.2 Å². The van der Waals surface area contributed by atoms with Crippen LogP contribution in [-0.4, -0.2) is 51.5 Å². The molecule has 4 aromatic rings. The van der Waals surface area contributed by atoms with Gasteiger partial charge < -0.3 is 31.2 Å². The van der Waals surface area contributed by atoms with Crippen molar-refractivity contribution in [2.75, 3.05) is 0 Å². The molecule has 6 N–H and O–H groups in total. The van der Waals surface area contributed by atoms with E-state index in [-0.39, 0.29) is 26.1 Å². The third kappa shape index (κ3) is 10.5. The minimum atomic E-state index is -1.18. The predicted molar refractivity (Wildman–Crippen MR) is 182 cm³/mol. The van der Waals surface area contributed by atoms with Gasteiger partial charge in [0.25, 0.3) is 5.97 Å². The number of nitrogens with two attached hydrogens (primary N) is 3. The van der Waals surface area contributed by atoms with Crippen LogP contribution in [0, 0.1) is 0 Å². The van der Waals surface area contributed by atoms with Gasteiger partial charge in [0.1, 0.15) is 6.04 Å². The molecule has 0 saturated carbocycles. The molecule has 0 aromatic heterocycles. The standard InChI is InChI=1S/C34H34B3N3O7/c35-29(19-31(39)41)33(43)46-36(25-11-3-1-4-12-25)27-15-7-9-23(17-27)21-45-22-24-10-8-16-28(18-24)37(26-13-5-2-6-14-26)47-34(44)30(38)20-32(40)42/h1-18,29-30H,19-22,38H2,(H2,39,41)(H2,40,42). The molecule has 0 aliphatic heterocycles. The fraction of sp³-hybridized carbons (Fsp3) is 0.176. The molecule has 0 aliphatic carbocycles. The monoisotopic (exact) mass is 629 g/mol. The lowest BCUT2D eigenvalue weighted by Gasteiger charge is -2.19. The number of carbonyl (C=O) groups is 4. The van der Waals surface area contributed by atoms with Crippen LogP contribution in [0.4, 0.5) is 0 Å². The van der Waals surface area contributed by atoms with E-state index < -0.39 is 49.4 Å². The number of benzene rings is 4. The maximum absolute atomic E-state index is 12.7. The first-order valence-corrected chi connectivity index (χ1v) is 14.9. The molecule has 0 aliphatic rings. The summed E-state index contributed by atoms with van der Waals surface area (Å²) in [4.78, 5) is 48.0. The normalized spacial score (nSPS) is 11.9. The van der Waals surface area contributed by atoms with Gasteiger partial charge in [0.15, 0.2) is 0 Å². The van der Waals surface area contributed by atoms with Crippen molar-refractivity contribution in [2.45, 2.75) is 37.9 Å². The van der Waals surface area contributed by atoms with E-state index >= 15 is 0 Å². The van der Waals surface area contributed by atoms with Gasteiger partial charge in [-0.15, -0.1) is 0 Å². The molecule has 2 atom stereocenters. The largest absolute Gasteiger partial charge is 0.526 e. The zero-order valence-corrected chi connectivity index (χ0v) is 25.7. The van der Waals surface area contributed by atoms with E-state index in [1.807, 2.05) is 109 Å². The Morgan fingerprint density at radius 1 is 0.596 bits per heavy atom. The summed E-state index contributed by atoms with van der Waals surface area (Å²) in [5.41, 5.74) is 20.8. The maximum atomic E-state index is 12.7. The molecule has 0 fully saturated rings. The average Bonchev–Trinajstić information content (AvgIpc) is 3.06. The van der Waals surface area contributed by atoms with Crippen LogP contribution in [0.5, 0.6) is 0 Å². The SMILES string of the molecule is [B]C(CC(N)=O)C(=O)OB(c1ccccc1)c1cccc(COCc2cccc(B(OC(=O)C(N)CC(N)=O)c3ccccc3)c2)c1. The summed E-state index contributed by atoms with van der Waals surface area (Å²) in [5.74, 6) is -4.06. The molecule has 4 aromatic carbocycles. The van der Waals surface area contributed by atoms with Gasteiger partial charge >= 0.3 is 19.8 Å². The molecular formula is C34H34B3N3O7. The van der Waals surface area contributed by atoms with E-state index in [1.54, 1.807) is 0 Å². The molecule has 13 heteroatoms. The number of primary amides is 2. The smallest absolute Gasteiger partial charge is 0.429 e. The minimum Gasteiger partial charge on any atom is -0.526 e. The van der Waals surface area contributed by atoms with Crippen molar-refractivity contribution in [1.29, 1.82) is 0 Å². The average molecular weight is 629 g/mol. The first kappa shape index (κ1) is 34.7. The predicted octanol–water partition coefficient (Wildman–Crippen LogP) is -0.264. The fourth-order valence-electron chi connectivity index (χ4n) is 4.90. The zero-order valence-electron chi connectivity index (χ0n) is 25.7. The van der Waals surface area contributed by atoms with Crippen molar-refractivity contribution in [3.63, 3.8) is 0 Å². The lowest BCUT2D eigenvalue weighted by atomic mass is 9.55. The van der Waals surface area contributed by atoms with Gasteiger partial charge in [-0.2, -0.15) is 0 Å². The lowest BCUT2D eigenvalue weighted by Crippen LogP contribution is -2.50. The highest BCUT2D eigenvalue weighted by atomic mass is 16.5. The molecule has 0 heterocycles. The van der Waals surface area contributed by atoms with Crippen molar-refractivity contribution < 1.29 is 33.2 Å². The molecule has 10 nitrogen and oxygen atoms in total. The van der Waals surface area contributed by atoms with Crippen LogP contribution in [0.15, 0.2) is 109 Å². The van der Waals surface area contributed by atoms with E-state index in [2.05, 4.69) is 0 Å². The highest BCUT2D eigenvalue weighted by Crippen LogP contribution is 2.11. The highest BCUT2D eigenvalue weighted by molar-refractivity contribution is 6.81. The fourth-order valence-corrected chi connectivity index (χ4v) is 4.90. The quantitative estimate of drug-likeness (QED) is 0.142. The Morgan fingerprint density at radius 2 is 1.02 bits per heavy atom. The van der Waals surface area contributed by atoms with Crippen LogP contribution in [0.2, 0.25) is 5.82 Å².